The first-order chi connectivity index (χ1) is 18.4. The fourth-order valence-electron chi connectivity index (χ4n) is 4.63. The molecule has 0 spiro atoms. The molecule has 0 aromatic heterocycles. The molecule has 0 saturated carbocycles. The largest absolute Gasteiger partial charge is 0.388 e. The Balaban J connectivity index is 1.27. The molecule has 10 heteroatoms. The Bertz CT molecular complexity index is 556. The van der Waals surface area contributed by atoms with Gasteiger partial charge in [-0.3, -0.25) is 0 Å². The minimum Gasteiger partial charge on any atom is -0.388 e. The first kappa shape index (κ1) is 33.5. The summed E-state index contributed by atoms with van der Waals surface area (Å²) in [7, 11) is 0. The number of allylic oxidation sites excluding steroid dienone is 2. The van der Waals surface area contributed by atoms with Crippen molar-refractivity contribution in [1.29, 1.82) is 0 Å². The van der Waals surface area contributed by atoms with E-state index in [1.54, 1.807) is 0 Å². The zero-order valence-electron chi connectivity index (χ0n) is 22.8. The molecule has 2 aliphatic rings. The Labute approximate surface area is 227 Å². The van der Waals surface area contributed by atoms with Crippen LogP contribution >= 0.6 is 0 Å². The summed E-state index contributed by atoms with van der Waals surface area (Å²) in [6, 6.07) is 0. The number of aliphatic hydroxyl groups excluding tert-OH is 6. The molecule has 2 aliphatic heterocycles. The molecule has 0 radical (unpaired) electrons. The van der Waals surface area contributed by atoms with Gasteiger partial charge >= 0.3 is 0 Å². The molecule has 2 heterocycles. The zero-order valence-corrected chi connectivity index (χ0v) is 22.8. The van der Waals surface area contributed by atoms with Gasteiger partial charge in [-0.05, 0) is 38.5 Å². The average Bonchev–Trinajstić information content (AvgIpc) is 2.91. The summed E-state index contributed by atoms with van der Waals surface area (Å²) < 4.78 is 21.4. The number of aliphatic hydroxyl groups is 6. The second-order valence-corrected chi connectivity index (χ2v) is 10.5. The molecular formula is C28H52O10. The van der Waals surface area contributed by atoms with Crippen LogP contribution < -0.4 is 0 Å². The second-order valence-electron chi connectivity index (χ2n) is 10.5. The molecule has 8 atom stereocenters. The second kappa shape index (κ2) is 20.3. The van der Waals surface area contributed by atoms with E-state index in [4.69, 9.17) is 18.9 Å². The Morgan fingerprint density at radius 1 is 0.474 bits per heavy atom. The monoisotopic (exact) mass is 548 g/mol. The Morgan fingerprint density at radius 2 is 0.816 bits per heavy atom. The van der Waals surface area contributed by atoms with Crippen LogP contribution in [0, 0.1) is 0 Å². The smallest absolute Gasteiger partial charge is 0.186 e. The summed E-state index contributed by atoms with van der Waals surface area (Å²) in [5.41, 5.74) is 0. The van der Waals surface area contributed by atoms with E-state index in [-0.39, 0.29) is 13.2 Å². The standard InChI is InChI=1S/C28H52O10/c29-21-19-37-27(25(33)23(21)31)35-17-15-13-11-9-7-5-3-1-2-4-6-8-10-12-14-16-18-36-28-26(34)24(32)22(30)20-38-28/h1-2,21-34H,3-20H2/b2-1+/t21-,22-,23+,24+,25-,26-,27+,28+/m1/s1. The van der Waals surface area contributed by atoms with E-state index in [9.17, 15) is 30.6 Å². The van der Waals surface area contributed by atoms with Crippen molar-refractivity contribution in [3.63, 3.8) is 0 Å². The fourth-order valence-corrected chi connectivity index (χ4v) is 4.63. The van der Waals surface area contributed by atoms with Crippen molar-refractivity contribution >= 4 is 0 Å². The summed E-state index contributed by atoms with van der Waals surface area (Å²) in [6.45, 7) is 0.892. The molecule has 0 unspecified atom stereocenters. The van der Waals surface area contributed by atoms with Crippen molar-refractivity contribution in [1.82, 2.24) is 0 Å². The van der Waals surface area contributed by atoms with Crippen LogP contribution in [0.3, 0.4) is 0 Å². The maximum atomic E-state index is 9.82. The number of unbranched alkanes of at least 4 members (excludes halogenated alkanes) is 12. The van der Waals surface area contributed by atoms with E-state index >= 15 is 0 Å². The van der Waals surface area contributed by atoms with E-state index in [0.29, 0.717) is 13.2 Å². The molecule has 10 nitrogen and oxygen atoms in total. The Hall–Kier alpha value is -0.660. The molecule has 224 valence electrons. The molecule has 38 heavy (non-hydrogen) atoms. The van der Waals surface area contributed by atoms with Gasteiger partial charge in [-0.1, -0.05) is 63.5 Å². The molecule has 2 saturated heterocycles. The van der Waals surface area contributed by atoms with Crippen LogP contribution in [-0.2, 0) is 18.9 Å². The van der Waals surface area contributed by atoms with Crippen molar-refractivity contribution in [2.45, 2.75) is 139 Å². The molecule has 0 aliphatic carbocycles. The van der Waals surface area contributed by atoms with E-state index in [0.717, 1.165) is 51.4 Å². The molecule has 0 aromatic rings. The molecule has 2 fully saturated rings. The molecule has 0 bridgehead atoms. The van der Waals surface area contributed by atoms with Crippen molar-refractivity contribution in [2.75, 3.05) is 26.4 Å². The average molecular weight is 549 g/mol. The van der Waals surface area contributed by atoms with Crippen molar-refractivity contribution in [3.8, 4) is 0 Å². The first-order valence-electron chi connectivity index (χ1n) is 14.6. The first-order valence-corrected chi connectivity index (χ1v) is 14.6. The fraction of sp³-hybridized carbons (Fsp3) is 0.929. The molecule has 0 aromatic carbocycles. The Kier molecular flexibility index (Phi) is 17.9. The van der Waals surface area contributed by atoms with Crippen LogP contribution in [0.5, 0.6) is 0 Å². The zero-order chi connectivity index (χ0) is 27.6. The summed E-state index contributed by atoms with van der Waals surface area (Å²) in [6.07, 6.45) is 11.6. The highest BCUT2D eigenvalue weighted by atomic mass is 16.7. The van der Waals surface area contributed by atoms with Crippen molar-refractivity contribution < 1.29 is 49.6 Å². The van der Waals surface area contributed by atoms with Gasteiger partial charge in [0.25, 0.3) is 0 Å². The van der Waals surface area contributed by atoms with Crippen LogP contribution in [0.25, 0.3) is 0 Å². The lowest BCUT2D eigenvalue weighted by molar-refractivity contribution is -0.270. The van der Waals surface area contributed by atoms with Gasteiger partial charge in [-0.15, -0.1) is 0 Å². The van der Waals surface area contributed by atoms with Crippen LogP contribution in [0.15, 0.2) is 12.2 Å². The highest BCUT2D eigenvalue weighted by Gasteiger charge is 2.38. The predicted octanol–water partition coefficient (Wildman–Crippen LogP) is 1.92. The minimum absolute atomic E-state index is 0.0272. The van der Waals surface area contributed by atoms with Crippen LogP contribution in [0.1, 0.15) is 89.9 Å². The highest BCUT2D eigenvalue weighted by molar-refractivity contribution is 4.83. The normalized spacial score (nSPS) is 32.3. The third-order valence-corrected chi connectivity index (χ3v) is 7.17. The molecule has 0 amide bonds. The topological polar surface area (TPSA) is 158 Å². The minimum atomic E-state index is -1.22. The van der Waals surface area contributed by atoms with Gasteiger partial charge in [0.05, 0.1) is 13.2 Å². The van der Waals surface area contributed by atoms with E-state index in [1.807, 2.05) is 0 Å². The molecular weight excluding hydrogens is 496 g/mol. The lowest BCUT2D eigenvalue weighted by Gasteiger charge is -2.34. The lowest BCUT2D eigenvalue weighted by atomic mass is 10.1. The maximum absolute atomic E-state index is 9.82. The third kappa shape index (κ3) is 13.1. The van der Waals surface area contributed by atoms with Gasteiger partial charge in [0, 0.05) is 13.2 Å². The predicted molar refractivity (Wildman–Crippen MR) is 141 cm³/mol. The summed E-state index contributed by atoms with van der Waals surface area (Å²) >= 11 is 0. The van der Waals surface area contributed by atoms with E-state index < -0.39 is 49.2 Å². The number of hydrogen-bond acceptors (Lipinski definition) is 10. The van der Waals surface area contributed by atoms with Crippen LogP contribution in [0.2, 0.25) is 0 Å². The van der Waals surface area contributed by atoms with Crippen LogP contribution in [0.4, 0.5) is 0 Å². The van der Waals surface area contributed by atoms with E-state index in [1.165, 1.54) is 38.5 Å². The van der Waals surface area contributed by atoms with Gasteiger partial charge in [0.15, 0.2) is 12.6 Å². The van der Waals surface area contributed by atoms with Gasteiger partial charge < -0.3 is 49.6 Å². The molecule has 2 rings (SSSR count). The SMILES string of the molecule is O[C@@H]1[C@@H](O)[C@@H](OCCCCCCCC/C=C/CCCCCCCCO[C@H]2OC[C@@H](O)[C@H](O)[C@H]2O)OC[C@H]1O. The van der Waals surface area contributed by atoms with Gasteiger partial charge in [0.2, 0.25) is 0 Å². The third-order valence-electron chi connectivity index (χ3n) is 7.17. The number of ether oxygens (including phenoxy) is 4. The number of hydrogen-bond donors (Lipinski definition) is 6. The van der Waals surface area contributed by atoms with Crippen molar-refractivity contribution in [2.24, 2.45) is 0 Å². The Morgan fingerprint density at radius 3 is 1.21 bits per heavy atom. The summed E-state index contributed by atoms with van der Waals surface area (Å²) in [4.78, 5) is 0. The maximum Gasteiger partial charge on any atom is 0.186 e. The summed E-state index contributed by atoms with van der Waals surface area (Å²) in [5.74, 6) is 0. The molecule has 6 N–H and O–H groups in total. The quantitative estimate of drug-likeness (QED) is 0.0980. The van der Waals surface area contributed by atoms with Gasteiger partial charge in [-0.2, -0.15) is 0 Å². The van der Waals surface area contributed by atoms with Crippen LogP contribution in [-0.4, -0.2) is 106 Å². The van der Waals surface area contributed by atoms with Gasteiger partial charge in [-0.25, -0.2) is 0 Å². The van der Waals surface area contributed by atoms with E-state index in [2.05, 4.69) is 12.2 Å². The van der Waals surface area contributed by atoms with Crippen molar-refractivity contribution in [3.05, 3.63) is 12.2 Å². The number of rotatable bonds is 20. The lowest BCUT2D eigenvalue weighted by Crippen LogP contribution is -2.53. The highest BCUT2D eigenvalue weighted by Crippen LogP contribution is 2.18. The van der Waals surface area contributed by atoms with Gasteiger partial charge in [0.1, 0.15) is 36.6 Å². The summed E-state index contributed by atoms with van der Waals surface area (Å²) in [5, 5.41) is 57.8.